The van der Waals surface area contributed by atoms with E-state index in [-0.39, 0.29) is 0 Å². The Bertz CT molecular complexity index is 153. The lowest BCUT2D eigenvalue weighted by Gasteiger charge is -2.21. The average molecular weight is 258 g/mol. The van der Waals surface area contributed by atoms with Crippen LogP contribution in [0.1, 0.15) is 38.5 Å². The van der Waals surface area contributed by atoms with Crippen molar-refractivity contribution in [2.45, 2.75) is 38.5 Å². The molecule has 0 amide bonds. The van der Waals surface area contributed by atoms with E-state index < -0.39 is 0 Å². The van der Waals surface area contributed by atoms with Gasteiger partial charge in [-0.15, -0.1) is 0 Å². The average Bonchev–Trinajstić information content (AvgIpc) is 2.43. The van der Waals surface area contributed by atoms with Gasteiger partial charge in [-0.05, 0) is 76.5 Å². The molecule has 0 aliphatic carbocycles. The Morgan fingerprint density at radius 3 is 1.28 bits per heavy atom. The molecule has 0 radical (unpaired) electrons. The van der Waals surface area contributed by atoms with E-state index in [0.29, 0.717) is 13.2 Å². The van der Waals surface area contributed by atoms with Gasteiger partial charge < -0.3 is 20.8 Å². The van der Waals surface area contributed by atoms with Gasteiger partial charge >= 0.3 is 0 Å². The summed E-state index contributed by atoms with van der Waals surface area (Å²) in [6.07, 6.45) is 7.01. The molecule has 0 atom stereocenters. The van der Waals surface area contributed by atoms with Crippen LogP contribution in [0.5, 0.6) is 0 Å². The quantitative estimate of drug-likeness (QED) is 0.600. The van der Waals surface area contributed by atoms with Crippen molar-refractivity contribution in [3.8, 4) is 0 Å². The summed E-state index contributed by atoms with van der Waals surface area (Å²) >= 11 is 0. The van der Waals surface area contributed by atoms with Gasteiger partial charge in [-0.1, -0.05) is 0 Å². The topological polar surface area (TPSA) is 64.5 Å². The smallest absolute Gasteiger partial charge is 0.0433 e. The molecule has 2 heterocycles. The highest BCUT2D eigenvalue weighted by Crippen LogP contribution is 2.14. The van der Waals surface area contributed by atoms with E-state index in [1.807, 2.05) is 0 Å². The lowest BCUT2D eigenvalue weighted by Crippen LogP contribution is -2.28. The van der Waals surface area contributed by atoms with Crippen LogP contribution in [0, 0.1) is 11.8 Å². The summed E-state index contributed by atoms with van der Waals surface area (Å²) in [5, 5.41) is 23.8. The molecule has 4 nitrogen and oxygen atoms in total. The molecule has 0 aromatic rings. The molecule has 0 saturated carbocycles. The number of aliphatic hydroxyl groups excluding tert-OH is 2. The predicted molar refractivity (Wildman–Crippen MR) is 74.6 cm³/mol. The summed E-state index contributed by atoms with van der Waals surface area (Å²) in [4.78, 5) is 0. The highest BCUT2D eigenvalue weighted by atomic mass is 16.3. The van der Waals surface area contributed by atoms with Crippen molar-refractivity contribution in [2.24, 2.45) is 11.8 Å². The van der Waals surface area contributed by atoms with E-state index in [4.69, 9.17) is 10.2 Å². The molecule has 4 heteroatoms. The van der Waals surface area contributed by atoms with Crippen molar-refractivity contribution in [2.75, 3.05) is 39.4 Å². The Hall–Kier alpha value is -0.160. The van der Waals surface area contributed by atoms with E-state index in [2.05, 4.69) is 10.6 Å². The van der Waals surface area contributed by atoms with E-state index in [1.165, 1.54) is 25.7 Å². The van der Waals surface area contributed by atoms with E-state index in [1.54, 1.807) is 0 Å². The van der Waals surface area contributed by atoms with Gasteiger partial charge in [0.25, 0.3) is 0 Å². The van der Waals surface area contributed by atoms with E-state index in [9.17, 15) is 0 Å². The first-order chi connectivity index (χ1) is 8.86. The first-order valence-electron chi connectivity index (χ1n) is 7.50. The fraction of sp³-hybridized carbons (Fsp3) is 1.00. The summed E-state index contributed by atoms with van der Waals surface area (Å²) in [6.45, 7) is 5.31. The largest absolute Gasteiger partial charge is 0.396 e. The minimum Gasteiger partial charge on any atom is -0.396 e. The minimum atomic E-state index is 0.366. The number of rotatable bonds is 4. The SMILES string of the molecule is OCCC1CCNCC1.OCCC1CCNCC1. The van der Waals surface area contributed by atoms with Crippen LogP contribution < -0.4 is 10.6 Å². The first-order valence-corrected chi connectivity index (χ1v) is 7.50. The van der Waals surface area contributed by atoms with Crippen LogP contribution in [0.25, 0.3) is 0 Å². The van der Waals surface area contributed by atoms with Crippen LogP contribution in [-0.4, -0.2) is 49.6 Å². The normalized spacial score (nSPS) is 22.3. The number of nitrogens with one attached hydrogen (secondary N) is 2. The fourth-order valence-corrected chi connectivity index (χ4v) is 2.71. The third kappa shape index (κ3) is 7.31. The maximum Gasteiger partial charge on any atom is 0.0433 e. The molecular weight excluding hydrogens is 228 g/mol. The number of piperidine rings is 2. The molecule has 4 N–H and O–H groups in total. The van der Waals surface area contributed by atoms with Gasteiger partial charge in [0.2, 0.25) is 0 Å². The highest BCUT2D eigenvalue weighted by Gasteiger charge is 2.11. The van der Waals surface area contributed by atoms with Crippen molar-refractivity contribution in [1.29, 1.82) is 0 Å². The number of hydrogen-bond acceptors (Lipinski definition) is 4. The van der Waals surface area contributed by atoms with Crippen LogP contribution in [0.3, 0.4) is 0 Å². The standard InChI is InChI=1S/2C7H15NO/c2*9-6-3-7-1-4-8-5-2-7/h2*7-9H,1-6H2. The summed E-state index contributed by atoms with van der Waals surface area (Å²) in [5.41, 5.74) is 0. The predicted octanol–water partition coefficient (Wildman–Crippen LogP) is 0.737. The molecule has 0 bridgehead atoms. The summed E-state index contributed by atoms with van der Waals surface area (Å²) in [5.74, 6) is 1.58. The zero-order valence-electron chi connectivity index (χ0n) is 11.5. The lowest BCUT2D eigenvalue weighted by atomic mass is 9.95. The number of aliphatic hydroxyl groups is 2. The summed E-state index contributed by atoms with van der Waals surface area (Å²) in [6, 6.07) is 0. The van der Waals surface area contributed by atoms with Gasteiger partial charge in [-0.25, -0.2) is 0 Å². The molecule has 2 saturated heterocycles. The van der Waals surface area contributed by atoms with Crippen molar-refractivity contribution >= 4 is 0 Å². The maximum atomic E-state index is 8.60. The molecule has 2 fully saturated rings. The molecule has 0 unspecified atom stereocenters. The first kappa shape index (κ1) is 15.9. The number of hydrogen-bond donors (Lipinski definition) is 4. The van der Waals surface area contributed by atoms with Gasteiger partial charge in [0.15, 0.2) is 0 Å². The lowest BCUT2D eigenvalue weighted by molar-refractivity contribution is 0.234. The summed E-state index contributed by atoms with van der Waals surface area (Å²) in [7, 11) is 0. The van der Waals surface area contributed by atoms with Gasteiger partial charge in [0, 0.05) is 13.2 Å². The zero-order valence-corrected chi connectivity index (χ0v) is 11.5. The van der Waals surface area contributed by atoms with Gasteiger partial charge in [0.1, 0.15) is 0 Å². The fourth-order valence-electron chi connectivity index (χ4n) is 2.71. The Morgan fingerprint density at radius 2 is 1.00 bits per heavy atom. The second-order valence-corrected chi connectivity index (χ2v) is 5.41. The van der Waals surface area contributed by atoms with E-state index in [0.717, 1.165) is 50.9 Å². The van der Waals surface area contributed by atoms with Crippen molar-refractivity contribution < 1.29 is 10.2 Å². The molecular formula is C14H30N2O2. The van der Waals surface area contributed by atoms with Crippen LogP contribution >= 0.6 is 0 Å². The minimum absolute atomic E-state index is 0.366. The van der Waals surface area contributed by atoms with Crippen molar-refractivity contribution in [1.82, 2.24) is 10.6 Å². The molecule has 2 rings (SSSR count). The molecule has 2 aliphatic rings. The Balaban J connectivity index is 0.000000180. The molecule has 0 aromatic heterocycles. The van der Waals surface area contributed by atoms with Gasteiger partial charge in [-0.2, -0.15) is 0 Å². The highest BCUT2D eigenvalue weighted by molar-refractivity contribution is 4.68. The molecule has 18 heavy (non-hydrogen) atoms. The van der Waals surface area contributed by atoms with Crippen LogP contribution in [0.4, 0.5) is 0 Å². The van der Waals surface area contributed by atoms with Crippen LogP contribution in [0.2, 0.25) is 0 Å². The van der Waals surface area contributed by atoms with Crippen LogP contribution in [0.15, 0.2) is 0 Å². The third-order valence-electron chi connectivity index (χ3n) is 3.99. The molecule has 2 aliphatic heterocycles. The monoisotopic (exact) mass is 258 g/mol. The van der Waals surface area contributed by atoms with Gasteiger partial charge in [-0.3, -0.25) is 0 Å². The zero-order chi connectivity index (χ0) is 13.1. The summed E-state index contributed by atoms with van der Waals surface area (Å²) < 4.78 is 0. The Kier molecular flexibility index (Phi) is 9.48. The Morgan fingerprint density at radius 1 is 0.667 bits per heavy atom. The molecule has 0 aromatic carbocycles. The second kappa shape index (κ2) is 10.7. The maximum absolute atomic E-state index is 8.60. The van der Waals surface area contributed by atoms with Crippen molar-refractivity contribution in [3.63, 3.8) is 0 Å². The third-order valence-corrected chi connectivity index (χ3v) is 3.99. The van der Waals surface area contributed by atoms with E-state index >= 15 is 0 Å². The molecule has 0 spiro atoms. The molecule has 108 valence electrons. The van der Waals surface area contributed by atoms with Crippen molar-refractivity contribution in [3.05, 3.63) is 0 Å². The Labute approximate surface area is 111 Å². The second-order valence-electron chi connectivity index (χ2n) is 5.41. The van der Waals surface area contributed by atoms with Crippen LogP contribution in [-0.2, 0) is 0 Å². The van der Waals surface area contributed by atoms with Gasteiger partial charge in [0.05, 0.1) is 0 Å².